The molecular formula is C12H16BrNO4. The van der Waals surface area contributed by atoms with Crippen LogP contribution in [0.25, 0.3) is 0 Å². The van der Waals surface area contributed by atoms with Gasteiger partial charge >= 0.3 is 5.97 Å². The molecule has 1 rings (SSSR count). The molecule has 0 aliphatic carbocycles. The van der Waals surface area contributed by atoms with Gasteiger partial charge in [-0.15, -0.1) is 0 Å². The second-order valence-electron chi connectivity index (χ2n) is 4.01. The number of nitrogens with two attached hydrogens (primary N) is 1. The summed E-state index contributed by atoms with van der Waals surface area (Å²) < 4.78 is 11.3. The molecule has 0 aliphatic rings. The number of carbonyl (C=O) groups is 1. The maximum atomic E-state index is 10.9. The lowest BCUT2D eigenvalue weighted by atomic mass is 10.1. The van der Waals surface area contributed by atoms with Crippen molar-refractivity contribution < 1.29 is 19.4 Å². The summed E-state index contributed by atoms with van der Waals surface area (Å²) in [7, 11) is 1.52. The second-order valence-corrected chi connectivity index (χ2v) is 4.86. The van der Waals surface area contributed by atoms with Gasteiger partial charge < -0.3 is 20.3 Å². The molecule has 3 N–H and O–H groups in total. The summed E-state index contributed by atoms with van der Waals surface area (Å²) in [6, 6.07) is 2.12. The molecule has 0 amide bonds. The van der Waals surface area contributed by atoms with Gasteiger partial charge in [-0.05, 0) is 31.5 Å². The van der Waals surface area contributed by atoms with Crippen molar-refractivity contribution in [2.45, 2.75) is 26.0 Å². The van der Waals surface area contributed by atoms with Gasteiger partial charge in [-0.1, -0.05) is 15.9 Å². The van der Waals surface area contributed by atoms with Gasteiger partial charge in [-0.25, -0.2) is 0 Å². The number of aliphatic carboxylic acids is 1. The minimum atomic E-state index is -1.11. The fraction of sp³-hybridized carbons (Fsp3) is 0.417. The lowest BCUT2D eigenvalue weighted by Gasteiger charge is -2.17. The molecule has 6 heteroatoms. The zero-order chi connectivity index (χ0) is 13.9. The van der Waals surface area contributed by atoms with Crippen molar-refractivity contribution in [1.29, 1.82) is 0 Å². The van der Waals surface area contributed by atoms with Crippen molar-refractivity contribution >= 4 is 21.9 Å². The highest BCUT2D eigenvalue weighted by atomic mass is 79.9. The van der Waals surface area contributed by atoms with E-state index in [1.165, 1.54) is 7.11 Å². The van der Waals surface area contributed by atoms with E-state index < -0.39 is 12.0 Å². The first kappa shape index (κ1) is 14.8. The highest BCUT2D eigenvalue weighted by Gasteiger charge is 2.20. The lowest BCUT2D eigenvalue weighted by Crippen LogP contribution is -2.21. The van der Waals surface area contributed by atoms with E-state index in [2.05, 4.69) is 15.9 Å². The summed E-state index contributed by atoms with van der Waals surface area (Å²) in [4.78, 5) is 10.9. The molecule has 18 heavy (non-hydrogen) atoms. The van der Waals surface area contributed by atoms with Gasteiger partial charge in [-0.3, -0.25) is 4.79 Å². The van der Waals surface area contributed by atoms with Gasteiger partial charge in [0.1, 0.15) is 6.04 Å². The van der Waals surface area contributed by atoms with Gasteiger partial charge in [0, 0.05) is 4.47 Å². The molecule has 0 spiro atoms. The van der Waals surface area contributed by atoms with Crippen LogP contribution < -0.4 is 15.2 Å². The van der Waals surface area contributed by atoms with E-state index in [1.54, 1.807) is 12.1 Å². The molecule has 1 aromatic rings. The Morgan fingerprint density at radius 2 is 2.00 bits per heavy atom. The standard InChI is InChI=1S/C12H16BrNO4/c1-6(2)18-10-4-7(11(14)12(15)16)8(13)5-9(10)17-3/h4-6,11H,14H2,1-3H3,(H,15,16). The maximum Gasteiger partial charge on any atom is 0.325 e. The Hall–Kier alpha value is -1.27. The van der Waals surface area contributed by atoms with Gasteiger partial charge in [0.25, 0.3) is 0 Å². The molecule has 1 unspecified atom stereocenters. The van der Waals surface area contributed by atoms with Crippen LogP contribution in [0.2, 0.25) is 0 Å². The van der Waals surface area contributed by atoms with Gasteiger partial charge in [-0.2, -0.15) is 0 Å². The highest BCUT2D eigenvalue weighted by Crippen LogP contribution is 2.36. The zero-order valence-electron chi connectivity index (χ0n) is 10.4. The highest BCUT2D eigenvalue weighted by molar-refractivity contribution is 9.10. The van der Waals surface area contributed by atoms with Crippen molar-refractivity contribution in [2.75, 3.05) is 7.11 Å². The average molecular weight is 318 g/mol. The predicted molar refractivity (Wildman–Crippen MR) is 71.0 cm³/mol. The number of halogens is 1. The van der Waals surface area contributed by atoms with Crippen molar-refractivity contribution in [2.24, 2.45) is 5.73 Å². The maximum absolute atomic E-state index is 10.9. The Labute approximate surface area is 114 Å². The van der Waals surface area contributed by atoms with Crippen LogP contribution in [0.3, 0.4) is 0 Å². The zero-order valence-corrected chi connectivity index (χ0v) is 12.0. The fourth-order valence-corrected chi connectivity index (χ4v) is 2.00. The van der Waals surface area contributed by atoms with Crippen molar-refractivity contribution in [3.05, 3.63) is 22.2 Å². The van der Waals surface area contributed by atoms with Crippen LogP contribution >= 0.6 is 15.9 Å². The molecule has 0 radical (unpaired) electrons. The van der Waals surface area contributed by atoms with Crippen LogP contribution in [-0.4, -0.2) is 24.3 Å². The number of methoxy groups -OCH3 is 1. The van der Waals surface area contributed by atoms with E-state index in [4.69, 9.17) is 20.3 Å². The van der Waals surface area contributed by atoms with Crippen molar-refractivity contribution in [3.63, 3.8) is 0 Å². The number of hydrogen-bond donors (Lipinski definition) is 2. The van der Waals surface area contributed by atoms with Crippen LogP contribution in [0.4, 0.5) is 0 Å². The molecule has 0 fully saturated rings. The first-order chi connectivity index (χ1) is 8.36. The molecule has 100 valence electrons. The largest absolute Gasteiger partial charge is 0.493 e. The van der Waals surface area contributed by atoms with Crippen molar-refractivity contribution in [1.82, 2.24) is 0 Å². The SMILES string of the molecule is COc1cc(Br)c(C(N)C(=O)O)cc1OC(C)C. The molecule has 0 aromatic heterocycles. The third kappa shape index (κ3) is 3.36. The van der Waals surface area contributed by atoms with Crippen LogP contribution in [-0.2, 0) is 4.79 Å². The van der Waals surface area contributed by atoms with Gasteiger partial charge in [0.15, 0.2) is 11.5 Å². The third-order valence-corrected chi connectivity index (χ3v) is 2.93. The Balaban J connectivity index is 3.24. The number of rotatable bonds is 5. The number of hydrogen-bond acceptors (Lipinski definition) is 4. The molecular weight excluding hydrogens is 302 g/mol. The molecule has 0 heterocycles. The first-order valence-electron chi connectivity index (χ1n) is 5.39. The first-order valence-corrected chi connectivity index (χ1v) is 6.18. The minimum absolute atomic E-state index is 0.0472. The van der Waals surface area contributed by atoms with Gasteiger partial charge in [0.2, 0.25) is 0 Å². The minimum Gasteiger partial charge on any atom is -0.493 e. The molecule has 0 bridgehead atoms. The summed E-state index contributed by atoms with van der Waals surface area (Å²) in [5.74, 6) is -0.101. The number of carboxylic acids is 1. The number of benzene rings is 1. The van der Waals surface area contributed by atoms with Gasteiger partial charge in [0.05, 0.1) is 13.2 Å². The van der Waals surface area contributed by atoms with E-state index in [0.717, 1.165) is 0 Å². The summed E-state index contributed by atoms with van der Waals surface area (Å²) in [6.07, 6.45) is -0.0472. The average Bonchev–Trinajstić information content (AvgIpc) is 2.29. The Bertz CT molecular complexity index is 448. The van der Waals surface area contributed by atoms with Crippen LogP contribution in [0.15, 0.2) is 16.6 Å². The molecule has 0 saturated heterocycles. The topological polar surface area (TPSA) is 81.8 Å². The molecule has 0 aliphatic heterocycles. The Morgan fingerprint density at radius 1 is 1.39 bits per heavy atom. The molecule has 0 saturated carbocycles. The van der Waals surface area contributed by atoms with Crippen molar-refractivity contribution in [3.8, 4) is 11.5 Å². The summed E-state index contributed by atoms with van der Waals surface area (Å²) in [5.41, 5.74) is 6.05. The van der Waals surface area contributed by atoms with E-state index in [0.29, 0.717) is 21.5 Å². The summed E-state index contributed by atoms with van der Waals surface area (Å²) in [6.45, 7) is 3.75. The lowest BCUT2D eigenvalue weighted by molar-refractivity contribution is -0.138. The smallest absolute Gasteiger partial charge is 0.325 e. The van der Waals surface area contributed by atoms with Crippen LogP contribution in [0, 0.1) is 0 Å². The van der Waals surface area contributed by atoms with E-state index >= 15 is 0 Å². The summed E-state index contributed by atoms with van der Waals surface area (Å²) in [5, 5.41) is 8.94. The number of carboxylic acid groups (broad SMARTS) is 1. The van der Waals surface area contributed by atoms with E-state index in [9.17, 15) is 4.79 Å². The van der Waals surface area contributed by atoms with E-state index in [-0.39, 0.29) is 6.10 Å². The molecule has 1 atom stereocenters. The normalized spacial score (nSPS) is 12.3. The quantitative estimate of drug-likeness (QED) is 0.871. The second kappa shape index (κ2) is 6.06. The van der Waals surface area contributed by atoms with Crippen LogP contribution in [0.5, 0.6) is 11.5 Å². The van der Waals surface area contributed by atoms with Crippen LogP contribution in [0.1, 0.15) is 25.5 Å². The fourth-order valence-electron chi connectivity index (χ4n) is 1.43. The Morgan fingerprint density at radius 3 is 2.44 bits per heavy atom. The third-order valence-electron chi connectivity index (χ3n) is 2.25. The van der Waals surface area contributed by atoms with E-state index in [1.807, 2.05) is 13.8 Å². The molecule has 1 aromatic carbocycles. The monoisotopic (exact) mass is 317 g/mol. The number of ether oxygens (including phenoxy) is 2. The molecule has 5 nitrogen and oxygen atoms in total. The summed E-state index contributed by atoms with van der Waals surface area (Å²) >= 11 is 3.28. The Kier molecular flexibility index (Phi) is 4.98. The predicted octanol–water partition coefficient (Wildman–Crippen LogP) is 2.33.